The van der Waals surface area contributed by atoms with E-state index in [2.05, 4.69) is 0 Å². The first-order valence-corrected chi connectivity index (χ1v) is 9.50. The Kier molecular flexibility index (Phi) is 6.19. The Morgan fingerprint density at radius 3 is 1.80 bits per heavy atom. The summed E-state index contributed by atoms with van der Waals surface area (Å²) in [5.74, 6) is 0. The number of rotatable bonds is 5. The molecule has 0 saturated carbocycles. The summed E-state index contributed by atoms with van der Waals surface area (Å²) in [6.45, 7) is 0. The predicted octanol–water partition coefficient (Wildman–Crippen LogP) is 3.18. The molecule has 1 aliphatic heterocycles. The van der Waals surface area contributed by atoms with Crippen molar-refractivity contribution in [2.45, 2.75) is 0 Å². The van der Waals surface area contributed by atoms with Crippen LogP contribution in [0.25, 0.3) is 0 Å². The molecule has 0 aliphatic carbocycles. The van der Waals surface area contributed by atoms with Crippen LogP contribution in [0.5, 0.6) is 0 Å². The zero-order valence-corrected chi connectivity index (χ0v) is 13.0. The molecule has 0 saturated heterocycles. The summed E-state index contributed by atoms with van der Waals surface area (Å²) >= 11 is 6.28. The highest BCUT2D eigenvalue weighted by molar-refractivity contribution is 8.43. The van der Waals surface area contributed by atoms with Crippen molar-refractivity contribution >= 4 is 55.0 Å². The molecule has 0 N–H and O–H groups in total. The van der Waals surface area contributed by atoms with E-state index in [4.69, 9.17) is 9.05 Å². The van der Waals surface area contributed by atoms with Gasteiger partial charge < -0.3 is 4.89 Å². The average molecular weight is 303 g/mol. The SMILES string of the molecule is CO[P+]([O-])(OC)[C-]1SC(SC)=C(SC)S1. The van der Waals surface area contributed by atoms with Crippen LogP contribution >= 0.6 is 55.0 Å². The Morgan fingerprint density at radius 1 is 1.13 bits per heavy atom. The highest BCUT2D eigenvalue weighted by atomic mass is 32.3. The van der Waals surface area contributed by atoms with Gasteiger partial charge in [-0.25, -0.2) is 32.6 Å². The molecule has 1 rings (SSSR count). The Labute approximate surface area is 108 Å². The van der Waals surface area contributed by atoms with E-state index in [0.29, 0.717) is 4.32 Å². The van der Waals surface area contributed by atoms with Crippen molar-refractivity contribution in [3.8, 4) is 0 Å². The van der Waals surface area contributed by atoms with Crippen molar-refractivity contribution in [2.75, 3.05) is 26.7 Å². The van der Waals surface area contributed by atoms with E-state index in [9.17, 15) is 4.89 Å². The molecule has 0 aromatic heterocycles. The maximum absolute atomic E-state index is 12.1. The first-order chi connectivity index (χ1) is 7.11. The molecular formula is C7H12O3PS4-. The van der Waals surface area contributed by atoms with Gasteiger partial charge in [0, 0.05) is 12.8 Å². The third-order valence-corrected chi connectivity index (χ3v) is 9.69. The molecular weight excluding hydrogens is 291 g/mol. The van der Waals surface area contributed by atoms with Gasteiger partial charge in [-0.3, -0.25) is 0 Å². The predicted molar refractivity (Wildman–Crippen MR) is 73.4 cm³/mol. The summed E-state index contributed by atoms with van der Waals surface area (Å²) in [7, 11) is -0.234. The van der Waals surface area contributed by atoms with Gasteiger partial charge in [-0.2, -0.15) is 0 Å². The second-order valence-electron chi connectivity index (χ2n) is 2.32. The van der Waals surface area contributed by atoms with E-state index in [1.807, 2.05) is 12.5 Å². The van der Waals surface area contributed by atoms with Gasteiger partial charge in [0.2, 0.25) is 0 Å². The van der Waals surface area contributed by atoms with Crippen LogP contribution in [0.1, 0.15) is 0 Å². The fourth-order valence-electron chi connectivity index (χ4n) is 0.848. The van der Waals surface area contributed by atoms with Crippen molar-refractivity contribution in [1.29, 1.82) is 0 Å². The van der Waals surface area contributed by atoms with Crippen LogP contribution in [-0.2, 0) is 9.05 Å². The fraction of sp³-hybridized carbons (Fsp3) is 0.571. The first kappa shape index (κ1) is 14.5. The van der Waals surface area contributed by atoms with Crippen LogP contribution in [-0.4, -0.2) is 26.7 Å². The molecule has 1 aliphatic rings. The average Bonchev–Trinajstić information content (AvgIpc) is 2.71. The van der Waals surface area contributed by atoms with Crippen molar-refractivity contribution in [3.05, 3.63) is 12.8 Å². The Morgan fingerprint density at radius 2 is 1.53 bits per heavy atom. The lowest BCUT2D eigenvalue weighted by molar-refractivity contribution is -0.211. The third-order valence-electron chi connectivity index (χ3n) is 1.60. The van der Waals surface area contributed by atoms with E-state index >= 15 is 0 Å². The normalized spacial score (nSPS) is 19.0. The highest BCUT2D eigenvalue weighted by Crippen LogP contribution is 2.76. The molecule has 0 spiro atoms. The lowest BCUT2D eigenvalue weighted by Crippen LogP contribution is -2.15. The zero-order valence-electron chi connectivity index (χ0n) is 8.80. The topological polar surface area (TPSA) is 41.5 Å². The Balaban J connectivity index is 2.73. The summed E-state index contributed by atoms with van der Waals surface area (Å²) in [4.78, 5) is 12.1. The minimum absolute atomic E-state index is 0.709. The maximum Gasteiger partial charge on any atom is 0.123 e. The molecule has 88 valence electrons. The molecule has 0 amide bonds. The van der Waals surface area contributed by atoms with Crippen LogP contribution in [0.3, 0.4) is 0 Å². The summed E-state index contributed by atoms with van der Waals surface area (Å²) < 4.78 is 13.0. The molecule has 3 nitrogen and oxygen atoms in total. The molecule has 0 radical (unpaired) electrons. The minimum Gasteiger partial charge on any atom is -0.654 e. The highest BCUT2D eigenvalue weighted by Gasteiger charge is 2.33. The van der Waals surface area contributed by atoms with Gasteiger partial charge in [-0.15, -0.1) is 23.5 Å². The Hall–Kier alpha value is 1.45. The lowest BCUT2D eigenvalue weighted by atomic mass is 11.2. The van der Waals surface area contributed by atoms with Gasteiger partial charge in [0.05, 0.1) is 14.2 Å². The molecule has 1 heterocycles. The van der Waals surface area contributed by atoms with E-state index in [-0.39, 0.29) is 0 Å². The lowest BCUT2D eigenvalue weighted by Gasteiger charge is -2.39. The van der Waals surface area contributed by atoms with Crippen molar-refractivity contribution < 1.29 is 13.9 Å². The van der Waals surface area contributed by atoms with Crippen LogP contribution in [0.15, 0.2) is 8.47 Å². The molecule has 0 atom stereocenters. The number of hydrogen-bond donors (Lipinski definition) is 0. The van der Waals surface area contributed by atoms with Crippen molar-refractivity contribution in [1.82, 2.24) is 0 Å². The first-order valence-electron chi connectivity index (χ1n) is 3.88. The number of hydrogen-bond acceptors (Lipinski definition) is 7. The fourth-order valence-corrected chi connectivity index (χ4v) is 8.47. The summed E-state index contributed by atoms with van der Waals surface area (Å²) in [5, 5.41) is 0. The second-order valence-corrected chi connectivity index (χ2v) is 9.54. The van der Waals surface area contributed by atoms with Crippen LogP contribution in [0.2, 0.25) is 0 Å². The van der Waals surface area contributed by atoms with Gasteiger partial charge >= 0.3 is 0 Å². The maximum atomic E-state index is 12.1. The Bertz CT molecular complexity index is 241. The van der Waals surface area contributed by atoms with E-state index in [1.54, 1.807) is 23.5 Å². The zero-order chi connectivity index (χ0) is 11.5. The molecule has 0 aromatic rings. The van der Waals surface area contributed by atoms with Crippen LogP contribution in [0, 0.1) is 4.32 Å². The van der Waals surface area contributed by atoms with E-state index in [1.165, 1.54) is 37.7 Å². The smallest absolute Gasteiger partial charge is 0.123 e. The monoisotopic (exact) mass is 303 g/mol. The molecule has 0 fully saturated rings. The molecule has 8 heteroatoms. The van der Waals surface area contributed by atoms with Crippen molar-refractivity contribution in [3.63, 3.8) is 0 Å². The van der Waals surface area contributed by atoms with Gasteiger partial charge in [0.15, 0.2) is 0 Å². The molecule has 15 heavy (non-hydrogen) atoms. The quantitative estimate of drug-likeness (QED) is 0.570. The second kappa shape index (κ2) is 6.40. The number of thioether (sulfide) groups is 4. The van der Waals surface area contributed by atoms with E-state index in [0.717, 1.165) is 8.47 Å². The van der Waals surface area contributed by atoms with Gasteiger partial charge in [0.1, 0.15) is 7.94 Å². The standard InChI is InChI=1S/C7H12O3PS4/c1-9-11(8,10-2)7-14-5(12-3)6(13-4)15-7/h1-4H3/q-1. The van der Waals surface area contributed by atoms with Crippen LogP contribution < -0.4 is 4.89 Å². The van der Waals surface area contributed by atoms with Gasteiger partial charge in [-0.1, -0.05) is 0 Å². The molecule has 0 aromatic carbocycles. The summed E-state index contributed by atoms with van der Waals surface area (Å²) in [6.07, 6.45) is 4.01. The molecule has 0 bridgehead atoms. The van der Waals surface area contributed by atoms with Crippen LogP contribution in [0.4, 0.5) is 0 Å². The summed E-state index contributed by atoms with van der Waals surface area (Å²) in [6, 6.07) is 0. The molecule has 0 unspecified atom stereocenters. The summed E-state index contributed by atoms with van der Waals surface area (Å²) in [5.41, 5.74) is 0. The van der Waals surface area contributed by atoms with E-state index < -0.39 is 7.94 Å². The van der Waals surface area contributed by atoms with Gasteiger partial charge in [0.25, 0.3) is 0 Å². The third kappa shape index (κ3) is 3.22. The minimum atomic E-state index is -3.06. The van der Waals surface area contributed by atoms with Gasteiger partial charge in [-0.05, 0) is 12.5 Å². The largest absolute Gasteiger partial charge is 0.654 e. The van der Waals surface area contributed by atoms with Crippen molar-refractivity contribution in [2.24, 2.45) is 0 Å².